The summed E-state index contributed by atoms with van der Waals surface area (Å²) in [6.45, 7) is 9.67. The molecular weight excluding hydrogens is 270 g/mol. The molecule has 0 spiro atoms. The molecule has 0 aliphatic carbocycles. The quantitative estimate of drug-likeness (QED) is 0.513. The second-order valence-corrected chi connectivity index (χ2v) is 4.65. The molecule has 0 aromatic carbocycles. The lowest BCUT2D eigenvalue weighted by Crippen LogP contribution is -2.38. The molecule has 1 rings (SSSR count). The second kappa shape index (κ2) is 8.99. The van der Waals surface area contributed by atoms with Gasteiger partial charge in [-0.2, -0.15) is 0 Å². The number of nitrogens with one attached hydrogen (secondary N) is 3. The topological polar surface area (TPSA) is 91.5 Å². The van der Waals surface area contributed by atoms with Crippen LogP contribution < -0.4 is 16.0 Å². The van der Waals surface area contributed by atoms with Gasteiger partial charge in [-0.05, 0) is 27.2 Å². The van der Waals surface area contributed by atoms with Crippen molar-refractivity contribution in [1.82, 2.24) is 20.9 Å². The third-order valence-electron chi connectivity index (χ3n) is 2.78. The third-order valence-corrected chi connectivity index (χ3v) is 2.78. The summed E-state index contributed by atoms with van der Waals surface area (Å²) in [5.41, 5.74) is 0.882. The highest BCUT2D eigenvalue weighted by molar-refractivity contribution is 5.84. The van der Waals surface area contributed by atoms with Gasteiger partial charge in [0.25, 0.3) is 0 Å². The first-order valence-corrected chi connectivity index (χ1v) is 7.28. The number of amides is 1. The molecule has 1 heterocycles. The first kappa shape index (κ1) is 17.0. The van der Waals surface area contributed by atoms with Crippen molar-refractivity contribution in [2.45, 2.75) is 40.7 Å². The minimum Gasteiger partial charge on any atom is -0.444 e. The number of guanidine groups is 1. The predicted molar refractivity (Wildman–Crippen MR) is 82.1 cm³/mol. The first-order chi connectivity index (χ1) is 10.1. The number of hydrogen-bond donors (Lipinski definition) is 3. The first-order valence-electron chi connectivity index (χ1n) is 7.28. The lowest BCUT2D eigenvalue weighted by molar-refractivity contribution is -0.119. The highest BCUT2D eigenvalue weighted by Crippen LogP contribution is 2.07. The zero-order valence-electron chi connectivity index (χ0n) is 13.2. The molecule has 0 atom stereocenters. The molecule has 0 saturated carbocycles. The van der Waals surface area contributed by atoms with Crippen LogP contribution in [0.1, 0.15) is 37.6 Å². The predicted octanol–water partition coefficient (Wildman–Crippen LogP) is 0.873. The number of rotatable bonds is 7. The molecule has 0 radical (unpaired) electrons. The minimum absolute atomic E-state index is 0.0862. The van der Waals surface area contributed by atoms with E-state index < -0.39 is 0 Å². The van der Waals surface area contributed by atoms with Crippen molar-refractivity contribution in [2.75, 3.05) is 19.6 Å². The van der Waals surface area contributed by atoms with E-state index in [0.717, 1.165) is 17.9 Å². The summed E-state index contributed by atoms with van der Waals surface area (Å²) >= 11 is 0. The summed E-state index contributed by atoms with van der Waals surface area (Å²) in [5, 5.41) is 8.95. The van der Waals surface area contributed by atoms with Gasteiger partial charge in [0, 0.05) is 13.1 Å². The Hall–Kier alpha value is -2.05. The molecule has 1 aromatic heterocycles. The van der Waals surface area contributed by atoms with Crippen molar-refractivity contribution in [3.63, 3.8) is 0 Å². The van der Waals surface area contributed by atoms with Gasteiger partial charge in [-0.1, -0.05) is 6.92 Å². The monoisotopic (exact) mass is 295 g/mol. The van der Waals surface area contributed by atoms with Crippen LogP contribution in [-0.2, 0) is 11.3 Å². The van der Waals surface area contributed by atoms with Gasteiger partial charge in [0.2, 0.25) is 11.8 Å². The van der Waals surface area contributed by atoms with Gasteiger partial charge in [-0.15, -0.1) is 0 Å². The Bertz CT molecular complexity index is 462. The Kier molecular flexibility index (Phi) is 7.28. The van der Waals surface area contributed by atoms with E-state index in [1.54, 1.807) is 0 Å². The van der Waals surface area contributed by atoms with E-state index in [0.29, 0.717) is 31.5 Å². The van der Waals surface area contributed by atoms with Crippen molar-refractivity contribution in [3.05, 3.63) is 17.3 Å². The maximum atomic E-state index is 11.5. The van der Waals surface area contributed by atoms with Crippen LogP contribution in [0.25, 0.3) is 0 Å². The molecule has 0 saturated heterocycles. The molecule has 21 heavy (non-hydrogen) atoms. The smallest absolute Gasteiger partial charge is 0.241 e. The fraction of sp³-hybridized carbons (Fsp3) is 0.643. The van der Waals surface area contributed by atoms with E-state index in [-0.39, 0.29) is 12.5 Å². The molecular formula is C14H25N5O2. The SMILES string of the molecule is CCCNC(=O)CN=C(NCC)NCc1nc(C)c(C)o1. The van der Waals surface area contributed by atoms with Crippen LogP contribution in [0.5, 0.6) is 0 Å². The molecule has 0 unspecified atom stereocenters. The Labute approximate surface area is 125 Å². The molecule has 7 nitrogen and oxygen atoms in total. The summed E-state index contributed by atoms with van der Waals surface area (Å²) in [7, 11) is 0. The Morgan fingerprint density at radius 2 is 2.00 bits per heavy atom. The molecule has 7 heteroatoms. The molecule has 0 aliphatic heterocycles. The minimum atomic E-state index is -0.0862. The number of aliphatic imine (C=N–C) groups is 1. The molecule has 0 bridgehead atoms. The Morgan fingerprint density at radius 3 is 2.57 bits per heavy atom. The Morgan fingerprint density at radius 1 is 1.24 bits per heavy atom. The van der Waals surface area contributed by atoms with E-state index in [9.17, 15) is 4.79 Å². The maximum absolute atomic E-state index is 11.5. The zero-order valence-corrected chi connectivity index (χ0v) is 13.2. The van der Waals surface area contributed by atoms with Crippen LogP contribution in [0.3, 0.4) is 0 Å². The van der Waals surface area contributed by atoms with Crippen LogP contribution in [0.4, 0.5) is 0 Å². The normalized spacial score (nSPS) is 11.3. The van der Waals surface area contributed by atoms with E-state index in [1.807, 2.05) is 27.7 Å². The number of hydrogen-bond acceptors (Lipinski definition) is 4. The van der Waals surface area contributed by atoms with E-state index in [2.05, 4.69) is 25.9 Å². The molecule has 0 fully saturated rings. The van der Waals surface area contributed by atoms with Crippen LogP contribution in [0, 0.1) is 13.8 Å². The van der Waals surface area contributed by atoms with Gasteiger partial charge in [0.05, 0.1) is 12.2 Å². The average molecular weight is 295 g/mol. The maximum Gasteiger partial charge on any atom is 0.241 e. The van der Waals surface area contributed by atoms with Crippen molar-refractivity contribution in [1.29, 1.82) is 0 Å². The zero-order chi connectivity index (χ0) is 15.7. The number of aryl methyl sites for hydroxylation is 2. The number of carbonyl (C=O) groups is 1. The third kappa shape index (κ3) is 6.29. The number of nitrogens with zero attached hydrogens (tertiary/aromatic N) is 2. The summed E-state index contributed by atoms with van der Waals surface area (Å²) < 4.78 is 5.49. The summed E-state index contributed by atoms with van der Waals surface area (Å²) in [6.07, 6.45) is 0.913. The van der Waals surface area contributed by atoms with E-state index in [4.69, 9.17) is 4.42 Å². The highest BCUT2D eigenvalue weighted by atomic mass is 16.4. The molecule has 1 aromatic rings. The van der Waals surface area contributed by atoms with Crippen molar-refractivity contribution in [2.24, 2.45) is 4.99 Å². The Balaban J connectivity index is 2.50. The van der Waals surface area contributed by atoms with Crippen LogP contribution >= 0.6 is 0 Å². The van der Waals surface area contributed by atoms with Gasteiger partial charge in [-0.3, -0.25) is 4.79 Å². The molecule has 3 N–H and O–H groups in total. The van der Waals surface area contributed by atoms with Gasteiger partial charge < -0.3 is 20.4 Å². The van der Waals surface area contributed by atoms with Gasteiger partial charge in [-0.25, -0.2) is 9.98 Å². The van der Waals surface area contributed by atoms with Crippen molar-refractivity contribution in [3.8, 4) is 0 Å². The van der Waals surface area contributed by atoms with Gasteiger partial charge in [0.1, 0.15) is 12.3 Å². The lowest BCUT2D eigenvalue weighted by atomic mass is 10.4. The van der Waals surface area contributed by atoms with Gasteiger partial charge >= 0.3 is 0 Å². The van der Waals surface area contributed by atoms with E-state index >= 15 is 0 Å². The molecule has 118 valence electrons. The summed E-state index contributed by atoms with van der Waals surface area (Å²) in [4.78, 5) is 20.0. The average Bonchev–Trinajstić information content (AvgIpc) is 2.78. The number of carbonyl (C=O) groups excluding carboxylic acids is 1. The molecule has 0 aliphatic rings. The fourth-order valence-electron chi connectivity index (χ4n) is 1.59. The van der Waals surface area contributed by atoms with Crippen LogP contribution in [0.15, 0.2) is 9.41 Å². The van der Waals surface area contributed by atoms with Crippen molar-refractivity contribution < 1.29 is 9.21 Å². The van der Waals surface area contributed by atoms with Crippen LogP contribution in [-0.4, -0.2) is 36.5 Å². The second-order valence-electron chi connectivity index (χ2n) is 4.65. The number of aromatic nitrogens is 1. The largest absolute Gasteiger partial charge is 0.444 e. The van der Waals surface area contributed by atoms with Crippen LogP contribution in [0.2, 0.25) is 0 Å². The van der Waals surface area contributed by atoms with E-state index in [1.165, 1.54) is 0 Å². The van der Waals surface area contributed by atoms with Crippen molar-refractivity contribution >= 4 is 11.9 Å². The lowest BCUT2D eigenvalue weighted by Gasteiger charge is -2.09. The summed E-state index contributed by atoms with van der Waals surface area (Å²) in [5.74, 6) is 1.90. The standard InChI is InChI=1S/C14H25N5O2/c1-5-7-16-12(20)8-17-14(15-6-2)18-9-13-19-10(3)11(4)21-13/h5-9H2,1-4H3,(H,16,20)(H2,15,17,18). The number of oxazole rings is 1. The van der Waals surface area contributed by atoms with Gasteiger partial charge in [0.15, 0.2) is 5.96 Å². The highest BCUT2D eigenvalue weighted by Gasteiger charge is 2.07. The molecule has 1 amide bonds. The summed E-state index contributed by atoms with van der Waals surface area (Å²) in [6, 6.07) is 0. The fourth-order valence-corrected chi connectivity index (χ4v) is 1.59.